The number of hydrogen-bond acceptors (Lipinski definition) is 3. The van der Waals surface area contributed by atoms with Crippen LogP contribution in [0, 0.1) is 9.41 Å². The summed E-state index contributed by atoms with van der Waals surface area (Å²) >= 11 is 27.8. The van der Waals surface area contributed by atoms with E-state index in [1.165, 1.54) is 0 Å². The Bertz CT molecular complexity index is 492. The van der Waals surface area contributed by atoms with Crippen LogP contribution in [-0.4, -0.2) is 22.8 Å². The minimum absolute atomic E-state index is 0.415. The van der Waals surface area contributed by atoms with Gasteiger partial charge in [-0.3, -0.25) is 0 Å². The van der Waals surface area contributed by atoms with E-state index in [0.717, 1.165) is 0 Å². The van der Waals surface area contributed by atoms with E-state index in [4.69, 9.17) is 64.0 Å². The van der Waals surface area contributed by atoms with Crippen LogP contribution < -0.4 is 0 Å². The summed E-state index contributed by atoms with van der Waals surface area (Å²) in [6.07, 6.45) is 0. The topological polar surface area (TPSA) is 29.9 Å². The Morgan fingerprint density at radius 1 is 1.41 bits per heavy atom. The molecule has 0 bridgehead atoms. The molecule has 0 spiro atoms. The Kier molecular flexibility index (Phi) is 5.89. The zero-order valence-corrected chi connectivity index (χ0v) is 12.9. The van der Waals surface area contributed by atoms with Gasteiger partial charge in [-0.25, -0.2) is 0 Å². The Hall–Kier alpha value is 0.350. The van der Waals surface area contributed by atoms with Crippen LogP contribution in [0.5, 0.6) is 0 Å². The summed E-state index contributed by atoms with van der Waals surface area (Å²) in [5.41, 5.74) is 0.441. The van der Waals surface area contributed by atoms with Gasteiger partial charge >= 0.3 is 0 Å². The third kappa shape index (κ3) is 4.50. The molecule has 8 heteroatoms. The first-order chi connectivity index (χ1) is 7.86. The third-order valence-electron chi connectivity index (χ3n) is 1.99. The van der Waals surface area contributed by atoms with E-state index in [1.807, 2.05) is 6.92 Å². The molecule has 0 aliphatic carbocycles. The van der Waals surface area contributed by atoms with Crippen LogP contribution in [0.3, 0.4) is 0 Å². The van der Waals surface area contributed by atoms with Gasteiger partial charge in [-0.2, -0.15) is 0 Å². The molecule has 0 fully saturated rings. The maximum atomic E-state index is 5.88. The number of aromatic amines is 1. The second-order valence-corrected chi connectivity index (χ2v) is 6.28. The van der Waals surface area contributed by atoms with Crippen LogP contribution >= 0.6 is 59.2 Å². The highest BCUT2D eigenvalue weighted by atomic mass is 35.6. The van der Waals surface area contributed by atoms with Crippen LogP contribution in [0.2, 0.25) is 0 Å². The lowest BCUT2D eigenvalue weighted by atomic mass is 10.4. The molecule has 1 aromatic rings. The highest BCUT2D eigenvalue weighted by Gasteiger charge is 2.26. The minimum Gasteiger partial charge on any atom is -0.380 e. The first kappa shape index (κ1) is 15.4. The van der Waals surface area contributed by atoms with Gasteiger partial charge in [-0.15, -0.1) is 0 Å². The van der Waals surface area contributed by atoms with Crippen molar-refractivity contribution in [2.45, 2.75) is 17.3 Å². The molecule has 0 saturated heterocycles. The molecule has 1 rings (SSSR count). The smallest absolute Gasteiger partial charge is 0.230 e. The lowest BCUT2D eigenvalue weighted by Gasteiger charge is -2.19. The maximum Gasteiger partial charge on any atom is 0.230 e. The van der Waals surface area contributed by atoms with Gasteiger partial charge < -0.3 is 14.3 Å². The Morgan fingerprint density at radius 2 is 2.06 bits per heavy atom. The SMILES string of the molecule is CCOCCn1c(C(Cl)(Cl)Cl)cc(=S)[nH]c1=S. The number of alkyl halides is 3. The molecule has 3 nitrogen and oxygen atoms in total. The molecule has 0 atom stereocenters. The second-order valence-electron chi connectivity index (χ2n) is 3.17. The zero-order valence-electron chi connectivity index (χ0n) is 9.00. The van der Waals surface area contributed by atoms with Gasteiger partial charge in [0.05, 0.1) is 12.3 Å². The predicted octanol–water partition coefficient (Wildman–Crippen LogP) is 4.14. The summed E-state index contributed by atoms with van der Waals surface area (Å²) in [5, 5.41) is 0. The van der Waals surface area contributed by atoms with E-state index in [9.17, 15) is 0 Å². The van der Waals surface area contributed by atoms with Crippen LogP contribution in [0.15, 0.2) is 6.07 Å². The molecule has 0 aliphatic heterocycles. The van der Waals surface area contributed by atoms with Crippen molar-refractivity contribution in [2.24, 2.45) is 0 Å². The van der Waals surface area contributed by atoms with Gasteiger partial charge in [0.1, 0.15) is 4.64 Å². The number of aromatic nitrogens is 2. The first-order valence-corrected chi connectivity index (χ1v) is 6.80. The molecule has 0 unspecified atom stereocenters. The molecule has 1 heterocycles. The molecule has 0 aromatic carbocycles. The van der Waals surface area contributed by atoms with E-state index in [1.54, 1.807) is 10.6 Å². The fourth-order valence-electron chi connectivity index (χ4n) is 1.28. The largest absolute Gasteiger partial charge is 0.380 e. The lowest BCUT2D eigenvalue weighted by Crippen LogP contribution is -2.18. The monoisotopic (exact) mass is 332 g/mol. The summed E-state index contributed by atoms with van der Waals surface area (Å²) in [6, 6.07) is 1.59. The highest BCUT2D eigenvalue weighted by Crippen LogP contribution is 2.37. The van der Waals surface area contributed by atoms with Crippen LogP contribution in [0.4, 0.5) is 0 Å². The number of nitrogens with one attached hydrogen (secondary N) is 1. The molecule has 17 heavy (non-hydrogen) atoms. The van der Waals surface area contributed by atoms with Crippen molar-refractivity contribution in [3.05, 3.63) is 21.2 Å². The molecule has 0 saturated carbocycles. The second kappa shape index (κ2) is 6.50. The van der Waals surface area contributed by atoms with Gasteiger partial charge in [0.25, 0.3) is 0 Å². The van der Waals surface area contributed by atoms with Gasteiger partial charge in [-0.05, 0) is 25.2 Å². The van der Waals surface area contributed by atoms with Crippen molar-refractivity contribution in [3.8, 4) is 0 Å². The van der Waals surface area contributed by atoms with E-state index in [0.29, 0.717) is 34.9 Å². The molecule has 1 aromatic heterocycles. The van der Waals surface area contributed by atoms with Crippen LogP contribution in [0.25, 0.3) is 0 Å². The standard InChI is InChI=1S/C9H11Cl3N2OS2/c1-2-15-4-3-14-6(9(10,11)12)5-7(16)13-8(14)17/h5H,2-4H2,1H3,(H,13,16,17). The van der Waals surface area contributed by atoms with Gasteiger partial charge in [0, 0.05) is 13.2 Å². The van der Waals surface area contributed by atoms with Crippen molar-refractivity contribution in [3.63, 3.8) is 0 Å². The maximum absolute atomic E-state index is 5.88. The van der Waals surface area contributed by atoms with Gasteiger partial charge in [-0.1, -0.05) is 47.0 Å². The lowest BCUT2D eigenvalue weighted by molar-refractivity contribution is 0.137. The van der Waals surface area contributed by atoms with E-state index in [2.05, 4.69) is 4.98 Å². The van der Waals surface area contributed by atoms with Gasteiger partial charge in [0.15, 0.2) is 4.77 Å². The summed E-state index contributed by atoms with van der Waals surface area (Å²) in [7, 11) is 0. The van der Waals surface area contributed by atoms with Crippen molar-refractivity contribution in [2.75, 3.05) is 13.2 Å². The summed E-state index contributed by atoms with van der Waals surface area (Å²) in [6.45, 7) is 3.53. The predicted molar refractivity (Wildman–Crippen MR) is 76.2 cm³/mol. The number of nitrogens with zero attached hydrogens (tertiary/aromatic N) is 1. The minimum atomic E-state index is -1.57. The number of halogens is 3. The van der Waals surface area contributed by atoms with E-state index < -0.39 is 3.79 Å². The molecule has 0 aliphatic rings. The number of rotatable bonds is 4. The van der Waals surface area contributed by atoms with Crippen molar-refractivity contribution in [1.29, 1.82) is 0 Å². The molecule has 0 amide bonds. The Labute approximate surface area is 125 Å². The quantitative estimate of drug-likeness (QED) is 0.510. The average molecular weight is 334 g/mol. The Balaban J connectivity index is 3.17. The van der Waals surface area contributed by atoms with Crippen molar-refractivity contribution < 1.29 is 4.74 Å². The molecule has 96 valence electrons. The first-order valence-electron chi connectivity index (χ1n) is 4.85. The van der Waals surface area contributed by atoms with E-state index in [-0.39, 0.29) is 0 Å². The summed E-state index contributed by atoms with van der Waals surface area (Å²) in [4.78, 5) is 2.84. The normalized spacial score (nSPS) is 11.8. The van der Waals surface area contributed by atoms with E-state index >= 15 is 0 Å². The van der Waals surface area contributed by atoms with Gasteiger partial charge in [0.2, 0.25) is 3.79 Å². The molecular formula is C9H11Cl3N2OS2. The zero-order chi connectivity index (χ0) is 13.1. The number of H-pyrrole nitrogens is 1. The number of hydrogen-bond donors (Lipinski definition) is 1. The molecular weight excluding hydrogens is 323 g/mol. The van der Waals surface area contributed by atoms with Crippen LogP contribution in [-0.2, 0) is 15.1 Å². The Morgan fingerprint density at radius 3 is 2.59 bits per heavy atom. The summed E-state index contributed by atoms with van der Waals surface area (Å²) < 4.78 is 6.21. The molecule has 1 N–H and O–H groups in total. The summed E-state index contributed by atoms with van der Waals surface area (Å²) in [5.74, 6) is 0. The van der Waals surface area contributed by atoms with Crippen LogP contribution in [0.1, 0.15) is 12.6 Å². The number of ether oxygens (including phenoxy) is 1. The average Bonchev–Trinajstić information content (AvgIpc) is 2.19. The fourth-order valence-corrected chi connectivity index (χ4v) is 2.32. The van der Waals surface area contributed by atoms with Crippen molar-refractivity contribution >= 4 is 59.2 Å². The molecule has 0 radical (unpaired) electrons. The third-order valence-corrected chi connectivity index (χ3v) is 3.11. The highest BCUT2D eigenvalue weighted by molar-refractivity contribution is 7.72. The fraction of sp³-hybridized carbons (Fsp3) is 0.556. The van der Waals surface area contributed by atoms with Crippen molar-refractivity contribution in [1.82, 2.24) is 9.55 Å².